The van der Waals surface area contributed by atoms with E-state index in [-0.39, 0.29) is 23.7 Å². The second-order valence-corrected chi connectivity index (χ2v) is 6.92. The summed E-state index contributed by atoms with van der Waals surface area (Å²) in [5, 5.41) is 4.06. The smallest absolute Gasteiger partial charge is 0.274 e. The monoisotopic (exact) mass is 334 g/mol. The average molecular weight is 334 g/mol. The van der Waals surface area contributed by atoms with Crippen LogP contribution in [-0.2, 0) is 11.8 Å². The fraction of sp³-hybridized carbons (Fsp3) is 0.706. The fourth-order valence-electron chi connectivity index (χ4n) is 3.73. The first-order valence-electron chi connectivity index (χ1n) is 8.67. The summed E-state index contributed by atoms with van der Waals surface area (Å²) in [6.07, 6.45) is 2.47. The topological polar surface area (TPSA) is 67.7 Å². The molecule has 7 heteroatoms. The van der Waals surface area contributed by atoms with Crippen LogP contribution in [-0.4, -0.2) is 69.9 Å². The number of carbonyl (C=O) groups is 1. The van der Waals surface area contributed by atoms with Crippen molar-refractivity contribution >= 4 is 5.91 Å². The van der Waals surface area contributed by atoms with Gasteiger partial charge in [0, 0.05) is 45.3 Å². The number of amides is 1. The molecule has 1 aromatic rings. The number of rotatable bonds is 2. The van der Waals surface area contributed by atoms with Crippen LogP contribution in [0.1, 0.15) is 37.2 Å². The largest absolute Gasteiger partial charge is 0.373 e. The summed E-state index contributed by atoms with van der Waals surface area (Å²) in [6.45, 7) is 7.62. The number of nitrogens with zero attached hydrogens (tertiary/aromatic N) is 4. The van der Waals surface area contributed by atoms with E-state index in [9.17, 15) is 9.59 Å². The Balaban J connectivity index is 1.59. The van der Waals surface area contributed by atoms with Crippen LogP contribution in [0.2, 0.25) is 0 Å². The van der Waals surface area contributed by atoms with Crippen molar-refractivity contribution in [2.24, 2.45) is 7.05 Å². The summed E-state index contributed by atoms with van der Waals surface area (Å²) >= 11 is 0. The molecule has 2 aliphatic rings. The van der Waals surface area contributed by atoms with E-state index >= 15 is 0 Å². The van der Waals surface area contributed by atoms with Crippen LogP contribution in [0.4, 0.5) is 0 Å². The molecule has 0 spiro atoms. The van der Waals surface area contributed by atoms with Crippen LogP contribution in [0.3, 0.4) is 0 Å². The lowest BCUT2D eigenvalue weighted by Crippen LogP contribution is -2.53. The van der Waals surface area contributed by atoms with Crippen molar-refractivity contribution in [3.63, 3.8) is 0 Å². The summed E-state index contributed by atoms with van der Waals surface area (Å²) in [7, 11) is 1.56. The highest BCUT2D eigenvalue weighted by Crippen LogP contribution is 2.22. The first-order valence-corrected chi connectivity index (χ1v) is 8.67. The first kappa shape index (κ1) is 17.1. The quantitative estimate of drug-likeness (QED) is 0.788. The molecular formula is C17H26N4O3. The van der Waals surface area contributed by atoms with E-state index in [1.54, 1.807) is 7.05 Å². The van der Waals surface area contributed by atoms with Gasteiger partial charge in [0.1, 0.15) is 5.69 Å². The number of ether oxygens (including phenoxy) is 1. The fourth-order valence-corrected chi connectivity index (χ4v) is 3.73. The third-order valence-corrected chi connectivity index (χ3v) is 4.90. The van der Waals surface area contributed by atoms with Gasteiger partial charge >= 0.3 is 0 Å². The Hall–Kier alpha value is -1.73. The molecule has 24 heavy (non-hydrogen) atoms. The van der Waals surface area contributed by atoms with Crippen LogP contribution in [0.5, 0.6) is 0 Å². The summed E-state index contributed by atoms with van der Waals surface area (Å²) < 4.78 is 7.01. The molecule has 0 N–H and O–H groups in total. The molecule has 0 aliphatic carbocycles. The maximum atomic E-state index is 12.6. The molecule has 132 valence electrons. The summed E-state index contributed by atoms with van der Waals surface area (Å²) in [6, 6.07) is 3.42. The van der Waals surface area contributed by atoms with Crippen molar-refractivity contribution in [2.75, 3.05) is 26.2 Å². The van der Waals surface area contributed by atoms with Gasteiger partial charge < -0.3 is 9.64 Å². The van der Waals surface area contributed by atoms with Crippen LogP contribution in [0.15, 0.2) is 16.9 Å². The third-order valence-electron chi connectivity index (χ3n) is 4.90. The van der Waals surface area contributed by atoms with Gasteiger partial charge in [-0.15, -0.1) is 0 Å². The average Bonchev–Trinajstić information content (AvgIpc) is 2.56. The number of aromatic nitrogens is 2. The van der Waals surface area contributed by atoms with Gasteiger partial charge in [-0.1, -0.05) is 0 Å². The zero-order valence-corrected chi connectivity index (χ0v) is 14.6. The summed E-state index contributed by atoms with van der Waals surface area (Å²) in [4.78, 5) is 28.3. The second kappa shape index (κ2) is 7.03. The number of likely N-dealkylation sites (tertiary alicyclic amines) is 1. The van der Waals surface area contributed by atoms with Crippen LogP contribution in [0, 0.1) is 0 Å². The minimum Gasteiger partial charge on any atom is -0.373 e. The maximum absolute atomic E-state index is 12.6. The molecule has 0 saturated carbocycles. The molecule has 0 radical (unpaired) electrons. The minimum absolute atomic E-state index is 0.0900. The minimum atomic E-state index is -0.208. The Kier molecular flexibility index (Phi) is 5.01. The Bertz CT molecular complexity index is 641. The van der Waals surface area contributed by atoms with Gasteiger partial charge in [0.05, 0.1) is 12.2 Å². The lowest BCUT2D eigenvalue weighted by molar-refractivity contribution is -0.0856. The molecule has 2 fully saturated rings. The zero-order chi connectivity index (χ0) is 17.3. The predicted octanol–water partition coefficient (Wildman–Crippen LogP) is 0.494. The highest BCUT2D eigenvalue weighted by Gasteiger charge is 2.32. The summed E-state index contributed by atoms with van der Waals surface area (Å²) in [5.41, 5.74) is 0.130. The Morgan fingerprint density at radius 1 is 1.17 bits per heavy atom. The van der Waals surface area contributed by atoms with Gasteiger partial charge in [0.2, 0.25) is 0 Å². The number of hydrogen-bond acceptors (Lipinski definition) is 5. The molecule has 3 heterocycles. The Labute approximate surface area is 142 Å². The van der Waals surface area contributed by atoms with Crippen molar-refractivity contribution in [1.29, 1.82) is 0 Å². The van der Waals surface area contributed by atoms with Gasteiger partial charge in [0.15, 0.2) is 0 Å². The van der Waals surface area contributed by atoms with Gasteiger partial charge in [-0.3, -0.25) is 14.5 Å². The standard InChI is InChI=1S/C17H26N4O3/c1-12-10-21(11-13(2)24-12)14-6-8-20(9-7-14)17(23)15-4-5-16(22)19(3)18-15/h4-5,12-14H,6-11H2,1-3H3/t12-,13+. The number of piperidine rings is 1. The van der Waals surface area contributed by atoms with Gasteiger partial charge in [0.25, 0.3) is 11.5 Å². The number of carbonyl (C=O) groups excluding carboxylic acids is 1. The van der Waals surface area contributed by atoms with Crippen molar-refractivity contribution in [3.8, 4) is 0 Å². The van der Waals surface area contributed by atoms with E-state index < -0.39 is 0 Å². The van der Waals surface area contributed by atoms with Crippen LogP contribution < -0.4 is 5.56 Å². The molecule has 0 aromatic carbocycles. The van der Waals surface area contributed by atoms with Crippen molar-refractivity contribution in [3.05, 3.63) is 28.2 Å². The molecule has 2 atom stereocenters. The highest BCUT2D eigenvalue weighted by molar-refractivity contribution is 5.92. The molecule has 7 nitrogen and oxygen atoms in total. The van der Waals surface area contributed by atoms with Crippen molar-refractivity contribution in [2.45, 2.75) is 44.9 Å². The molecule has 1 amide bonds. The lowest BCUT2D eigenvalue weighted by atomic mass is 10.0. The molecule has 3 rings (SSSR count). The van der Waals surface area contributed by atoms with E-state index in [2.05, 4.69) is 23.8 Å². The normalized spacial score (nSPS) is 26.5. The van der Waals surface area contributed by atoms with E-state index in [0.29, 0.717) is 11.7 Å². The Morgan fingerprint density at radius 3 is 2.38 bits per heavy atom. The maximum Gasteiger partial charge on any atom is 0.274 e. The molecule has 0 unspecified atom stereocenters. The SMILES string of the molecule is C[C@@H]1CN(C2CCN(C(=O)c3ccc(=O)n(C)n3)CC2)C[C@H](C)O1. The van der Waals surface area contributed by atoms with Gasteiger partial charge in [-0.25, -0.2) is 4.68 Å². The highest BCUT2D eigenvalue weighted by atomic mass is 16.5. The van der Waals surface area contributed by atoms with Gasteiger partial charge in [-0.05, 0) is 32.8 Å². The second-order valence-electron chi connectivity index (χ2n) is 6.92. The molecule has 1 aromatic heterocycles. The number of morpholine rings is 1. The molecule has 0 bridgehead atoms. The van der Waals surface area contributed by atoms with Crippen molar-refractivity contribution < 1.29 is 9.53 Å². The van der Waals surface area contributed by atoms with E-state index in [0.717, 1.165) is 39.0 Å². The van der Waals surface area contributed by atoms with Crippen LogP contribution >= 0.6 is 0 Å². The van der Waals surface area contributed by atoms with E-state index in [1.807, 2.05) is 4.90 Å². The summed E-state index contributed by atoms with van der Waals surface area (Å²) in [5.74, 6) is -0.0900. The van der Waals surface area contributed by atoms with E-state index in [4.69, 9.17) is 4.74 Å². The molecular weight excluding hydrogens is 308 g/mol. The molecule has 2 saturated heterocycles. The number of hydrogen-bond donors (Lipinski definition) is 0. The van der Waals surface area contributed by atoms with E-state index in [1.165, 1.54) is 16.8 Å². The number of aryl methyl sites for hydroxylation is 1. The molecule has 2 aliphatic heterocycles. The first-order chi connectivity index (χ1) is 11.4. The third kappa shape index (κ3) is 3.67. The lowest BCUT2D eigenvalue weighted by Gasteiger charge is -2.43. The van der Waals surface area contributed by atoms with Crippen LogP contribution in [0.25, 0.3) is 0 Å². The van der Waals surface area contributed by atoms with Gasteiger partial charge in [-0.2, -0.15) is 5.10 Å². The van der Waals surface area contributed by atoms with Crippen molar-refractivity contribution in [1.82, 2.24) is 19.6 Å². The Morgan fingerprint density at radius 2 is 1.79 bits per heavy atom. The zero-order valence-electron chi connectivity index (χ0n) is 14.6. The predicted molar refractivity (Wildman–Crippen MR) is 90.0 cm³/mol.